The zero-order valence-electron chi connectivity index (χ0n) is 5.25. The van der Waals surface area contributed by atoms with Crippen LogP contribution in [-0.4, -0.2) is 18.2 Å². The van der Waals surface area contributed by atoms with Crippen molar-refractivity contribution in [2.24, 2.45) is 5.92 Å². The first-order valence-electron chi connectivity index (χ1n) is 2.66. The van der Waals surface area contributed by atoms with Crippen LogP contribution in [0.3, 0.4) is 0 Å². The average Bonchev–Trinajstić information content (AvgIpc) is 1.83. The van der Waals surface area contributed by atoms with Crippen LogP contribution in [0, 0.1) is 5.92 Å². The lowest BCUT2D eigenvalue weighted by molar-refractivity contribution is -0.190. The number of hydrogen-bond donors (Lipinski definition) is 0. The van der Waals surface area contributed by atoms with Gasteiger partial charge in [0.2, 0.25) is 0 Å². The fourth-order valence-electron chi connectivity index (χ4n) is 0.401. The second-order valence-electron chi connectivity index (χ2n) is 2.07. The molecule has 0 aliphatic heterocycles. The molecule has 0 N–H and O–H groups in total. The van der Waals surface area contributed by atoms with E-state index in [-0.39, 0.29) is 5.88 Å². The Morgan fingerprint density at radius 1 is 1.40 bits per heavy atom. The number of alkyl halides is 5. The van der Waals surface area contributed by atoms with Crippen LogP contribution in [-0.2, 0) is 0 Å². The van der Waals surface area contributed by atoms with Crippen molar-refractivity contribution in [2.45, 2.75) is 19.3 Å². The lowest BCUT2D eigenvalue weighted by Crippen LogP contribution is -2.31. The summed E-state index contributed by atoms with van der Waals surface area (Å²) in [6.07, 6.45) is -7.57. The second-order valence-corrected chi connectivity index (χ2v) is 2.38. The molecule has 0 aromatic carbocycles. The fourth-order valence-corrected chi connectivity index (χ4v) is 0.557. The van der Waals surface area contributed by atoms with Crippen LogP contribution in [0.5, 0.6) is 0 Å². The summed E-state index contributed by atoms with van der Waals surface area (Å²) >= 11 is 5.01. The first kappa shape index (κ1) is 10.0. The van der Waals surface area contributed by atoms with E-state index in [4.69, 9.17) is 11.6 Å². The van der Waals surface area contributed by atoms with Gasteiger partial charge in [-0.3, -0.25) is 0 Å². The molecule has 0 nitrogen and oxygen atoms in total. The molecule has 2 atom stereocenters. The van der Waals surface area contributed by atoms with Gasteiger partial charge in [-0.2, -0.15) is 13.2 Å². The van der Waals surface area contributed by atoms with E-state index in [2.05, 4.69) is 0 Å². The third-order valence-electron chi connectivity index (χ3n) is 1.06. The summed E-state index contributed by atoms with van der Waals surface area (Å²) in [4.78, 5) is 0. The van der Waals surface area contributed by atoms with Crippen LogP contribution in [0.15, 0.2) is 0 Å². The van der Waals surface area contributed by atoms with E-state index < -0.39 is 18.3 Å². The van der Waals surface area contributed by atoms with Gasteiger partial charge in [-0.05, 0) is 0 Å². The number of halogens is 5. The minimum Gasteiger partial charge on any atom is -0.237 e. The summed E-state index contributed by atoms with van der Waals surface area (Å²) in [6, 6.07) is 0. The van der Waals surface area contributed by atoms with Crippen molar-refractivity contribution in [3.63, 3.8) is 0 Å². The molecule has 0 radical (unpaired) electrons. The van der Waals surface area contributed by atoms with Crippen molar-refractivity contribution < 1.29 is 17.6 Å². The largest absolute Gasteiger partial charge is 0.419 e. The maximum absolute atomic E-state index is 12.1. The number of hydrogen-bond acceptors (Lipinski definition) is 0. The Morgan fingerprint density at radius 3 is 1.90 bits per heavy atom. The molecule has 0 bridgehead atoms. The highest BCUT2D eigenvalue weighted by molar-refractivity contribution is 6.18. The summed E-state index contributed by atoms with van der Waals surface area (Å²) < 4.78 is 46.5. The molecule has 0 saturated carbocycles. The molecular weight excluding hydrogens is 171 g/mol. The van der Waals surface area contributed by atoms with Crippen molar-refractivity contribution in [3.05, 3.63) is 0 Å². The first-order chi connectivity index (χ1) is 4.39. The van der Waals surface area contributed by atoms with E-state index in [0.29, 0.717) is 0 Å². The molecule has 0 aromatic heterocycles. The van der Waals surface area contributed by atoms with E-state index in [9.17, 15) is 17.6 Å². The van der Waals surface area contributed by atoms with Crippen molar-refractivity contribution in [1.29, 1.82) is 0 Å². The number of rotatable bonds is 2. The van der Waals surface area contributed by atoms with Crippen molar-refractivity contribution in [2.75, 3.05) is 5.88 Å². The zero-order valence-corrected chi connectivity index (χ0v) is 6.01. The summed E-state index contributed by atoms with van der Waals surface area (Å²) in [7, 11) is 0. The van der Waals surface area contributed by atoms with Gasteiger partial charge < -0.3 is 0 Å². The summed E-state index contributed by atoms with van der Waals surface area (Å²) in [5.41, 5.74) is 0. The molecule has 0 aliphatic carbocycles. The third-order valence-corrected chi connectivity index (χ3v) is 1.54. The Bertz CT molecular complexity index is 100. The molecule has 2 unspecified atom stereocenters. The first-order valence-corrected chi connectivity index (χ1v) is 3.19. The second kappa shape index (κ2) is 3.42. The molecule has 0 heterocycles. The minimum absolute atomic E-state index is 0.319. The lowest BCUT2D eigenvalue weighted by atomic mass is 10.1. The van der Waals surface area contributed by atoms with E-state index in [1.165, 1.54) is 0 Å². The predicted molar refractivity (Wildman–Crippen MR) is 30.8 cm³/mol. The van der Waals surface area contributed by atoms with E-state index in [1.807, 2.05) is 0 Å². The topological polar surface area (TPSA) is 0 Å². The molecule has 62 valence electrons. The molecule has 0 saturated heterocycles. The Hall–Kier alpha value is 0.01000. The maximum atomic E-state index is 12.1. The van der Waals surface area contributed by atoms with Crippen LogP contribution >= 0.6 is 11.6 Å². The fraction of sp³-hybridized carbons (Fsp3) is 1.00. The quantitative estimate of drug-likeness (QED) is 0.451. The van der Waals surface area contributed by atoms with Crippen LogP contribution in [0.2, 0.25) is 0 Å². The highest BCUT2D eigenvalue weighted by Gasteiger charge is 2.43. The predicted octanol–water partition coefficient (Wildman–Crippen LogP) is 2.76. The molecule has 0 rings (SSSR count). The van der Waals surface area contributed by atoms with Gasteiger partial charge in [-0.15, -0.1) is 11.6 Å². The molecule has 5 heteroatoms. The molecule has 0 fully saturated rings. The van der Waals surface area contributed by atoms with E-state index in [1.54, 1.807) is 0 Å². The average molecular weight is 179 g/mol. The van der Waals surface area contributed by atoms with Crippen molar-refractivity contribution >= 4 is 11.6 Å². The standard InChI is InChI=1S/C5H7ClF4/c1-3(2-6)4(7)5(8,9)10/h3-4H,2H2,1H3. The molecule has 0 spiro atoms. The molecule has 10 heavy (non-hydrogen) atoms. The van der Waals surface area contributed by atoms with Gasteiger partial charge in [-0.25, -0.2) is 4.39 Å². The van der Waals surface area contributed by atoms with Crippen LogP contribution < -0.4 is 0 Å². The Balaban J connectivity index is 3.94. The summed E-state index contributed by atoms with van der Waals surface area (Å²) in [6.45, 7) is 1.12. The van der Waals surface area contributed by atoms with Crippen LogP contribution in [0.4, 0.5) is 17.6 Å². The highest BCUT2D eigenvalue weighted by Crippen LogP contribution is 2.28. The molecule has 0 aromatic rings. The van der Waals surface area contributed by atoms with Gasteiger partial charge in [0.05, 0.1) is 0 Å². The Labute approximate surface area is 61.2 Å². The molecular formula is C5H7ClF4. The van der Waals surface area contributed by atoms with Gasteiger partial charge in [0.1, 0.15) is 0 Å². The third kappa shape index (κ3) is 2.73. The van der Waals surface area contributed by atoms with Gasteiger partial charge in [0.15, 0.2) is 6.17 Å². The Morgan fingerprint density at radius 2 is 1.80 bits per heavy atom. The molecule has 0 amide bonds. The van der Waals surface area contributed by atoms with Gasteiger partial charge >= 0.3 is 6.18 Å². The lowest BCUT2D eigenvalue weighted by Gasteiger charge is -2.16. The van der Waals surface area contributed by atoms with Gasteiger partial charge in [-0.1, -0.05) is 6.92 Å². The van der Waals surface area contributed by atoms with E-state index >= 15 is 0 Å². The van der Waals surface area contributed by atoms with Crippen molar-refractivity contribution in [1.82, 2.24) is 0 Å². The maximum Gasteiger partial charge on any atom is 0.419 e. The molecule has 0 aliphatic rings. The SMILES string of the molecule is CC(CCl)C(F)C(F)(F)F. The van der Waals surface area contributed by atoms with Crippen LogP contribution in [0.25, 0.3) is 0 Å². The summed E-state index contributed by atoms with van der Waals surface area (Å²) in [5.74, 6) is -1.48. The van der Waals surface area contributed by atoms with Crippen molar-refractivity contribution in [3.8, 4) is 0 Å². The van der Waals surface area contributed by atoms with Gasteiger partial charge in [0.25, 0.3) is 0 Å². The zero-order chi connectivity index (χ0) is 8.36. The van der Waals surface area contributed by atoms with E-state index in [0.717, 1.165) is 6.92 Å². The van der Waals surface area contributed by atoms with Crippen LogP contribution in [0.1, 0.15) is 6.92 Å². The monoisotopic (exact) mass is 178 g/mol. The highest BCUT2D eigenvalue weighted by atomic mass is 35.5. The Kier molecular flexibility index (Phi) is 3.42. The summed E-state index contributed by atoms with van der Waals surface area (Å²) in [5, 5.41) is 0. The smallest absolute Gasteiger partial charge is 0.237 e. The minimum atomic E-state index is -4.77. The van der Waals surface area contributed by atoms with Gasteiger partial charge in [0, 0.05) is 11.8 Å². The normalized spacial score (nSPS) is 18.6.